The van der Waals surface area contributed by atoms with Gasteiger partial charge in [0.25, 0.3) is 0 Å². The van der Waals surface area contributed by atoms with Crippen molar-refractivity contribution < 1.29 is 33.1 Å². The number of rotatable bonds is 9. The van der Waals surface area contributed by atoms with E-state index in [0.29, 0.717) is 41.6 Å². The minimum absolute atomic E-state index is 0.132. The van der Waals surface area contributed by atoms with Gasteiger partial charge in [-0.15, -0.1) is 0 Å². The number of benzene rings is 2. The normalized spacial score (nSPS) is 18.3. The van der Waals surface area contributed by atoms with Gasteiger partial charge in [-0.05, 0) is 67.9 Å². The maximum atomic E-state index is 13.7. The van der Waals surface area contributed by atoms with E-state index in [1.165, 1.54) is 14.2 Å². The number of carbonyl (C=O) groups is 4. The number of fused-ring (bicyclic) bond motifs is 6. The van der Waals surface area contributed by atoms with Gasteiger partial charge in [-0.1, -0.05) is 33.8 Å². The smallest absolute Gasteiger partial charge is 0.407 e. The van der Waals surface area contributed by atoms with Gasteiger partial charge < -0.3 is 44.3 Å². The average molecular weight is 778 g/mol. The number of hydrogen-bond donors (Lipinski definition) is 4. The highest BCUT2D eigenvalue weighted by Gasteiger charge is 2.39. The highest BCUT2D eigenvalue weighted by molar-refractivity contribution is 6.05. The Hall–Kier alpha value is -6.19. The van der Waals surface area contributed by atoms with Gasteiger partial charge in [0, 0.05) is 29.4 Å². The maximum Gasteiger partial charge on any atom is 0.407 e. The molecule has 0 radical (unpaired) electrons. The number of ether oxygens (including phenoxy) is 2. The summed E-state index contributed by atoms with van der Waals surface area (Å²) in [5, 5.41) is 7.14. The second kappa shape index (κ2) is 15.0. The summed E-state index contributed by atoms with van der Waals surface area (Å²) in [4.78, 5) is 76.7. The summed E-state index contributed by atoms with van der Waals surface area (Å²) in [6.45, 7) is 8.69. The molecule has 4 amide bonds. The molecule has 4 N–H and O–H groups in total. The number of aromatic nitrogens is 5. The molecule has 4 atom stereocenters. The number of amides is 4. The lowest BCUT2D eigenvalue weighted by Gasteiger charge is -2.29. The van der Waals surface area contributed by atoms with Gasteiger partial charge in [0.1, 0.15) is 35.0 Å². The van der Waals surface area contributed by atoms with Crippen molar-refractivity contribution in [3.05, 3.63) is 54.2 Å². The van der Waals surface area contributed by atoms with E-state index in [0.717, 1.165) is 64.1 Å². The van der Waals surface area contributed by atoms with Crippen molar-refractivity contribution in [3.8, 4) is 11.3 Å². The van der Waals surface area contributed by atoms with Gasteiger partial charge in [-0.2, -0.15) is 0 Å². The van der Waals surface area contributed by atoms with Gasteiger partial charge in [-0.3, -0.25) is 14.6 Å². The Balaban J connectivity index is 1.06. The molecule has 2 saturated heterocycles. The fourth-order valence-corrected chi connectivity index (χ4v) is 8.26. The van der Waals surface area contributed by atoms with Crippen molar-refractivity contribution in [2.75, 3.05) is 27.3 Å². The Labute approximate surface area is 328 Å². The molecule has 57 heavy (non-hydrogen) atoms. The summed E-state index contributed by atoms with van der Waals surface area (Å²) in [5.74, 6) is 1.40. The summed E-state index contributed by atoms with van der Waals surface area (Å²) >= 11 is 0. The van der Waals surface area contributed by atoms with Crippen LogP contribution in [-0.2, 0) is 19.1 Å². The standard InChI is InChI=1S/C41H47N9O7/c1-20(2)31(47-40(53)55-5)38(51)49-15-7-9-28(49)36-43-25-14-12-23-18-30(57-35(23)34(25)46-36)22-11-13-24-26(17-22)42-19-27-33(24)45-37(44-27)29-10-8-16-50(29)39(52)32(21(3)4)48-41(54)56-6/h11-14,17-21,28-29,31-32H,7-10,15-16H2,1-6H3,(H,43,46)(H,44,45)(H,47,53)(H,48,54)/t28-,29-,31-,32-/m0/s1. The maximum absolute atomic E-state index is 13.7. The second-order valence-electron chi connectivity index (χ2n) is 15.6. The summed E-state index contributed by atoms with van der Waals surface area (Å²) in [6, 6.07) is 9.88. The average Bonchev–Trinajstić information content (AvgIpc) is 4.05. The van der Waals surface area contributed by atoms with E-state index in [1.807, 2.05) is 64.1 Å². The predicted octanol–water partition coefficient (Wildman–Crippen LogP) is 6.49. The first-order valence-corrected chi connectivity index (χ1v) is 19.5. The molecule has 6 heterocycles. The number of nitrogens with zero attached hydrogens (tertiary/aromatic N) is 5. The van der Waals surface area contributed by atoms with Crippen LogP contribution in [0.5, 0.6) is 0 Å². The molecule has 2 aliphatic rings. The zero-order valence-electron chi connectivity index (χ0n) is 32.8. The number of nitrogens with one attached hydrogen (secondary N) is 4. The quantitative estimate of drug-likeness (QED) is 0.126. The largest absolute Gasteiger partial charge is 0.454 e. The number of methoxy groups -OCH3 is 2. The van der Waals surface area contributed by atoms with Crippen molar-refractivity contribution in [1.82, 2.24) is 45.4 Å². The fraction of sp³-hybridized carbons (Fsp3) is 0.439. The Kier molecular flexibility index (Phi) is 9.96. The Bertz CT molecular complexity index is 2520. The number of H-pyrrole nitrogens is 2. The Morgan fingerprint density at radius 2 is 1.35 bits per heavy atom. The van der Waals surface area contributed by atoms with Crippen LogP contribution in [0.4, 0.5) is 9.59 Å². The van der Waals surface area contributed by atoms with E-state index in [-0.39, 0.29) is 35.7 Å². The van der Waals surface area contributed by atoms with E-state index in [2.05, 4.69) is 20.6 Å². The number of furan rings is 1. The summed E-state index contributed by atoms with van der Waals surface area (Å²) in [7, 11) is 2.57. The third-order valence-corrected chi connectivity index (χ3v) is 11.3. The molecule has 2 aliphatic heterocycles. The molecule has 6 aromatic rings. The summed E-state index contributed by atoms with van der Waals surface area (Å²) < 4.78 is 16.1. The molecule has 16 nitrogen and oxygen atoms in total. The topological polar surface area (TPSA) is 201 Å². The first-order valence-electron chi connectivity index (χ1n) is 19.5. The Morgan fingerprint density at radius 3 is 1.93 bits per heavy atom. The van der Waals surface area contributed by atoms with E-state index in [4.69, 9.17) is 28.8 Å². The lowest BCUT2D eigenvalue weighted by atomic mass is 10.0. The van der Waals surface area contributed by atoms with Crippen LogP contribution in [0.2, 0.25) is 0 Å². The molecule has 0 unspecified atom stereocenters. The minimum atomic E-state index is -0.724. The first kappa shape index (κ1) is 37.7. The molecule has 4 aromatic heterocycles. The molecule has 16 heteroatoms. The first-order chi connectivity index (χ1) is 27.4. The molecule has 0 spiro atoms. The Morgan fingerprint density at radius 1 is 0.772 bits per heavy atom. The lowest BCUT2D eigenvalue weighted by molar-refractivity contribution is -0.136. The number of alkyl carbamates (subject to hydrolysis) is 2. The number of imidazole rings is 2. The van der Waals surface area contributed by atoms with Gasteiger partial charge in [-0.25, -0.2) is 19.6 Å². The number of aromatic amines is 2. The van der Waals surface area contributed by atoms with Crippen LogP contribution in [0, 0.1) is 11.8 Å². The molecule has 0 saturated carbocycles. The van der Waals surface area contributed by atoms with E-state index >= 15 is 0 Å². The van der Waals surface area contributed by atoms with Crippen molar-refractivity contribution in [2.24, 2.45) is 11.8 Å². The van der Waals surface area contributed by atoms with Gasteiger partial charge >= 0.3 is 12.2 Å². The molecule has 2 fully saturated rings. The second-order valence-corrected chi connectivity index (χ2v) is 15.6. The van der Waals surface area contributed by atoms with Gasteiger partial charge in [0.15, 0.2) is 5.58 Å². The molecule has 298 valence electrons. The summed E-state index contributed by atoms with van der Waals surface area (Å²) in [5.41, 5.74) is 5.19. The van der Waals surface area contributed by atoms with Crippen molar-refractivity contribution in [3.63, 3.8) is 0 Å². The molecule has 0 aliphatic carbocycles. The number of hydrogen-bond acceptors (Lipinski definition) is 10. The van der Waals surface area contributed by atoms with Crippen molar-refractivity contribution in [2.45, 2.75) is 77.5 Å². The predicted molar refractivity (Wildman–Crippen MR) is 212 cm³/mol. The third-order valence-electron chi connectivity index (χ3n) is 11.3. The van der Waals surface area contributed by atoms with E-state index in [1.54, 1.807) is 16.0 Å². The summed E-state index contributed by atoms with van der Waals surface area (Å²) in [6.07, 6.45) is 3.58. The minimum Gasteiger partial charge on any atom is -0.454 e. The SMILES string of the molecule is COC(=O)N[C@H](C(=O)N1CCC[C@H]1c1nc2c(cnc3cc(-c4cc5ccc6[nH]c([C@@H]7CCCN7C(=O)[C@@H](NC(=O)OC)C(C)C)nc6c5o4)ccc32)[nH]1)C(C)C. The zero-order chi connectivity index (χ0) is 40.1. The lowest BCUT2D eigenvalue weighted by Crippen LogP contribution is -2.51. The monoisotopic (exact) mass is 777 g/mol. The van der Waals surface area contributed by atoms with Crippen molar-refractivity contribution >= 4 is 67.9 Å². The number of pyridine rings is 1. The highest BCUT2D eigenvalue weighted by atomic mass is 16.5. The van der Waals surface area contributed by atoms with Crippen LogP contribution in [0.15, 0.2) is 47.0 Å². The molecular formula is C41H47N9O7. The zero-order valence-corrected chi connectivity index (χ0v) is 32.8. The third kappa shape index (κ3) is 6.86. The van der Waals surface area contributed by atoms with Crippen LogP contribution >= 0.6 is 0 Å². The van der Waals surface area contributed by atoms with Gasteiger partial charge in [0.05, 0.1) is 54.6 Å². The van der Waals surface area contributed by atoms with Crippen LogP contribution in [0.1, 0.15) is 77.1 Å². The molecular weight excluding hydrogens is 731 g/mol. The van der Waals surface area contributed by atoms with Crippen LogP contribution in [0.25, 0.3) is 55.3 Å². The molecule has 0 bridgehead atoms. The molecule has 2 aromatic carbocycles. The number of likely N-dealkylation sites (tertiary alicyclic amines) is 2. The van der Waals surface area contributed by atoms with E-state index < -0.39 is 24.3 Å². The number of carbonyl (C=O) groups excluding carboxylic acids is 4. The van der Waals surface area contributed by atoms with Crippen molar-refractivity contribution in [1.29, 1.82) is 0 Å². The van der Waals surface area contributed by atoms with Crippen LogP contribution in [0.3, 0.4) is 0 Å². The van der Waals surface area contributed by atoms with Crippen LogP contribution in [-0.4, -0.2) is 98.1 Å². The van der Waals surface area contributed by atoms with Crippen LogP contribution < -0.4 is 10.6 Å². The highest BCUT2D eigenvalue weighted by Crippen LogP contribution is 2.38. The fourth-order valence-electron chi connectivity index (χ4n) is 8.26. The van der Waals surface area contributed by atoms with Gasteiger partial charge in [0.2, 0.25) is 11.8 Å². The molecule has 8 rings (SSSR count). The van der Waals surface area contributed by atoms with E-state index in [9.17, 15) is 19.2 Å².